The molecule has 0 aliphatic heterocycles. The van der Waals surface area contributed by atoms with Gasteiger partial charge in [0.1, 0.15) is 23.1 Å². The molecule has 0 unspecified atom stereocenters. The average molecular weight is 334 g/mol. The number of aryl methyl sites for hydroxylation is 1. The largest absolute Gasteiger partial charge is 0.484 e. The number of ether oxygens (including phenoxy) is 2. The zero-order chi connectivity index (χ0) is 17.5. The first-order valence-corrected chi connectivity index (χ1v) is 7.88. The van der Waals surface area contributed by atoms with Crippen LogP contribution in [0.5, 0.6) is 17.2 Å². The predicted octanol–water partition coefficient (Wildman–Crippen LogP) is 4.20. The van der Waals surface area contributed by atoms with Gasteiger partial charge in [-0.2, -0.15) is 0 Å². The second-order valence-electron chi connectivity index (χ2n) is 5.39. The fourth-order valence-corrected chi connectivity index (χ4v) is 2.17. The normalized spacial score (nSPS) is 10.1. The van der Waals surface area contributed by atoms with E-state index in [1.54, 1.807) is 30.3 Å². The summed E-state index contributed by atoms with van der Waals surface area (Å²) in [5, 5.41) is 2.70. The smallest absolute Gasteiger partial charge is 0.263 e. The summed E-state index contributed by atoms with van der Waals surface area (Å²) < 4.78 is 11.2. The Morgan fingerprint density at radius 1 is 0.880 bits per heavy atom. The molecule has 2 aromatic carbocycles. The lowest BCUT2D eigenvalue weighted by Crippen LogP contribution is -2.20. The number of hydrogen-bond donors (Lipinski definition) is 1. The summed E-state index contributed by atoms with van der Waals surface area (Å²) in [6, 6.07) is 22.1. The lowest BCUT2D eigenvalue weighted by molar-refractivity contribution is -0.118. The number of pyridine rings is 1. The highest BCUT2D eigenvalue weighted by atomic mass is 16.5. The Labute approximate surface area is 146 Å². The SMILES string of the molecule is Cc1cccc(NC(=O)COc2ccc(Oc3ccccc3)cc2)n1. The number of para-hydroxylation sites is 1. The molecule has 0 radical (unpaired) electrons. The number of nitrogens with zero attached hydrogens (tertiary/aromatic N) is 1. The fourth-order valence-electron chi connectivity index (χ4n) is 2.17. The van der Waals surface area contributed by atoms with Gasteiger partial charge in [0.05, 0.1) is 0 Å². The van der Waals surface area contributed by atoms with Gasteiger partial charge in [-0.05, 0) is 55.5 Å². The van der Waals surface area contributed by atoms with Crippen molar-refractivity contribution in [1.29, 1.82) is 0 Å². The van der Waals surface area contributed by atoms with Crippen LogP contribution in [0.2, 0.25) is 0 Å². The molecule has 0 fully saturated rings. The van der Waals surface area contributed by atoms with Crippen LogP contribution in [0.25, 0.3) is 0 Å². The van der Waals surface area contributed by atoms with Crippen molar-refractivity contribution in [2.75, 3.05) is 11.9 Å². The Morgan fingerprint density at radius 2 is 1.56 bits per heavy atom. The number of carbonyl (C=O) groups is 1. The van der Waals surface area contributed by atoms with Crippen molar-refractivity contribution in [2.24, 2.45) is 0 Å². The van der Waals surface area contributed by atoms with E-state index in [1.165, 1.54) is 0 Å². The van der Waals surface area contributed by atoms with Crippen LogP contribution in [0, 0.1) is 6.92 Å². The summed E-state index contributed by atoms with van der Waals surface area (Å²) in [5.41, 5.74) is 0.840. The summed E-state index contributed by atoms with van der Waals surface area (Å²) in [4.78, 5) is 16.1. The third-order valence-corrected chi connectivity index (χ3v) is 3.33. The number of amides is 1. The molecule has 1 heterocycles. The first-order chi connectivity index (χ1) is 12.2. The van der Waals surface area contributed by atoms with Crippen LogP contribution >= 0.6 is 0 Å². The fraction of sp³-hybridized carbons (Fsp3) is 0.100. The van der Waals surface area contributed by atoms with Crippen LogP contribution in [-0.4, -0.2) is 17.5 Å². The monoisotopic (exact) mass is 334 g/mol. The molecule has 1 N–H and O–H groups in total. The van der Waals surface area contributed by atoms with E-state index in [-0.39, 0.29) is 12.5 Å². The Hall–Kier alpha value is -3.34. The van der Waals surface area contributed by atoms with Crippen LogP contribution in [0.15, 0.2) is 72.8 Å². The van der Waals surface area contributed by atoms with E-state index >= 15 is 0 Å². The number of nitrogens with one attached hydrogen (secondary N) is 1. The highest BCUT2D eigenvalue weighted by Crippen LogP contribution is 2.23. The molecule has 0 aliphatic carbocycles. The van der Waals surface area contributed by atoms with Gasteiger partial charge in [0, 0.05) is 5.69 Å². The summed E-state index contributed by atoms with van der Waals surface area (Å²) in [7, 11) is 0. The average Bonchev–Trinajstić information content (AvgIpc) is 2.62. The number of benzene rings is 2. The molecular formula is C20H18N2O3. The molecule has 126 valence electrons. The van der Waals surface area contributed by atoms with E-state index in [4.69, 9.17) is 9.47 Å². The number of anilines is 1. The maximum absolute atomic E-state index is 11.9. The topological polar surface area (TPSA) is 60.5 Å². The molecule has 25 heavy (non-hydrogen) atoms. The molecule has 1 aromatic heterocycles. The number of hydrogen-bond acceptors (Lipinski definition) is 4. The molecule has 0 saturated carbocycles. The van der Waals surface area contributed by atoms with E-state index in [0.717, 1.165) is 11.4 Å². The summed E-state index contributed by atoms with van der Waals surface area (Å²) >= 11 is 0. The molecule has 1 amide bonds. The van der Waals surface area contributed by atoms with Crippen LogP contribution in [-0.2, 0) is 4.79 Å². The van der Waals surface area contributed by atoms with E-state index < -0.39 is 0 Å². The van der Waals surface area contributed by atoms with Gasteiger partial charge in [-0.3, -0.25) is 4.79 Å². The molecular weight excluding hydrogens is 316 g/mol. The number of carbonyl (C=O) groups excluding carboxylic acids is 1. The lowest BCUT2D eigenvalue weighted by atomic mass is 10.3. The molecule has 0 bridgehead atoms. The van der Waals surface area contributed by atoms with Crippen molar-refractivity contribution in [3.8, 4) is 17.2 Å². The minimum atomic E-state index is -0.261. The van der Waals surface area contributed by atoms with Crippen molar-refractivity contribution >= 4 is 11.7 Å². The van der Waals surface area contributed by atoms with Gasteiger partial charge < -0.3 is 14.8 Å². The first kappa shape index (κ1) is 16.5. The van der Waals surface area contributed by atoms with Crippen LogP contribution < -0.4 is 14.8 Å². The van der Waals surface area contributed by atoms with Crippen molar-refractivity contribution in [2.45, 2.75) is 6.92 Å². The zero-order valence-corrected chi connectivity index (χ0v) is 13.8. The standard InChI is InChI=1S/C20H18N2O3/c1-15-6-5-9-19(21-15)22-20(23)14-24-16-10-12-18(13-11-16)25-17-7-3-2-4-8-17/h2-13H,14H2,1H3,(H,21,22,23). The van der Waals surface area contributed by atoms with Gasteiger partial charge in [-0.1, -0.05) is 24.3 Å². The van der Waals surface area contributed by atoms with E-state index in [0.29, 0.717) is 17.3 Å². The van der Waals surface area contributed by atoms with Gasteiger partial charge in [-0.25, -0.2) is 4.98 Å². The quantitative estimate of drug-likeness (QED) is 0.734. The summed E-state index contributed by atoms with van der Waals surface area (Å²) in [5.74, 6) is 2.31. The Morgan fingerprint density at radius 3 is 2.28 bits per heavy atom. The van der Waals surface area contributed by atoms with E-state index in [1.807, 2.05) is 49.4 Å². The van der Waals surface area contributed by atoms with Crippen molar-refractivity contribution in [3.05, 3.63) is 78.5 Å². The molecule has 3 rings (SSSR count). The van der Waals surface area contributed by atoms with E-state index in [9.17, 15) is 4.79 Å². The Balaban J connectivity index is 1.50. The van der Waals surface area contributed by atoms with Crippen molar-refractivity contribution < 1.29 is 14.3 Å². The summed E-state index contributed by atoms with van der Waals surface area (Å²) in [6.07, 6.45) is 0. The molecule has 5 nitrogen and oxygen atoms in total. The highest BCUT2D eigenvalue weighted by Gasteiger charge is 2.05. The van der Waals surface area contributed by atoms with Gasteiger partial charge in [0.2, 0.25) is 0 Å². The lowest BCUT2D eigenvalue weighted by Gasteiger charge is -2.09. The Bertz CT molecular complexity index is 833. The van der Waals surface area contributed by atoms with Crippen molar-refractivity contribution in [1.82, 2.24) is 4.98 Å². The minimum Gasteiger partial charge on any atom is -0.484 e. The van der Waals surface area contributed by atoms with Crippen molar-refractivity contribution in [3.63, 3.8) is 0 Å². The third-order valence-electron chi connectivity index (χ3n) is 3.33. The second-order valence-corrected chi connectivity index (χ2v) is 5.39. The van der Waals surface area contributed by atoms with Gasteiger partial charge in [0.25, 0.3) is 5.91 Å². The second kappa shape index (κ2) is 7.97. The number of aromatic nitrogens is 1. The molecule has 3 aromatic rings. The summed E-state index contributed by atoms with van der Waals surface area (Å²) in [6.45, 7) is 1.78. The number of rotatable bonds is 6. The molecule has 0 saturated heterocycles. The Kier molecular flexibility index (Phi) is 5.26. The maximum Gasteiger partial charge on any atom is 0.263 e. The van der Waals surface area contributed by atoms with Crippen LogP contribution in [0.4, 0.5) is 5.82 Å². The van der Waals surface area contributed by atoms with Gasteiger partial charge >= 0.3 is 0 Å². The minimum absolute atomic E-state index is 0.0888. The zero-order valence-electron chi connectivity index (χ0n) is 13.8. The molecule has 0 atom stereocenters. The first-order valence-electron chi connectivity index (χ1n) is 7.88. The maximum atomic E-state index is 11.9. The molecule has 0 spiro atoms. The van der Waals surface area contributed by atoms with Crippen LogP contribution in [0.3, 0.4) is 0 Å². The van der Waals surface area contributed by atoms with E-state index in [2.05, 4.69) is 10.3 Å². The van der Waals surface area contributed by atoms with Gasteiger partial charge in [0.15, 0.2) is 6.61 Å². The predicted molar refractivity (Wildman–Crippen MR) is 96.1 cm³/mol. The van der Waals surface area contributed by atoms with Gasteiger partial charge in [-0.15, -0.1) is 0 Å². The molecule has 5 heteroatoms. The molecule has 0 aliphatic rings. The van der Waals surface area contributed by atoms with Crippen LogP contribution in [0.1, 0.15) is 5.69 Å². The highest BCUT2D eigenvalue weighted by molar-refractivity contribution is 5.90. The third kappa shape index (κ3) is 5.07.